The number of aliphatic carboxylic acids is 2. The minimum atomic E-state index is -0.846. The number of hydrogen-bond acceptors (Lipinski definition) is 7. The molecular formula is C25H24N2O5S2. The topological polar surface area (TPSA) is 116 Å². The maximum Gasteiger partial charge on any atom is 0.305 e. The quantitative estimate of drug-likeness (QED) is 0.404. The third kappa shape index (κ3) is 5.66. The number of carboxylic acids is 2. The van der Waals surface area contributed by atoms with E-state index >= 15 is 0 Å². The zero-order valence-electron chi connectivity index (χ0n) is 18.2. The molecule has 0 saturated heterocycles. The lowest BCUT2D eigenvalue weighted by molar-refractivity contribution is -0.138. The van der Waals surface area contributed by atoms with E-state index < -0.39 is 11.9 Å². The molecule has 2 heterocycles. The van der Waals surface area contributed by atoms with Crippen molar-refractivity contribution in [2.45, 2.75) is 24.9 Å². The van der Waals surface area contributed by atoms with Crippen LogP contribution < -0.4 is 10.6 Å². The Morgan fingerprint density at radius 2 is 1.15 bits per heavy atom. The van der Waals surface area contributed by atoms with Gasteiger partial charge in [-0.15, -0.1) is 23.5 Å². The average molecular weight is 497 g/mol. The van der Waals surface area contributed by atoms with Crippen LogP contribution in [0.2, 0.25) is 0 Å². The number of nitrogens with one attached hydrogen (secondary N) is 2. The molecule has 0 fully saturated rings. The fourth-order valence-electron chi connectivity index (χ4n) is 3.85. The van der Waals surface area contributed by atoms with Gasteiger partial charge >= 0.3 is 11.9 Å². The van der Waals surface area contributed by atoms with E-state index in [1.54, 1.807) is 35.9 Å². The van der Waals surface area contributed by atoms with Crippen LogP contribution in [0.5, 0.6) is 0 Å². The van der Waals surface area contributed by atoms with Crippen molar-refractivity contribution in [3.05, 3.63) is 83.2 Å². The van der Waals surface area contributed by atoms with Crippen molar-refractivity contribution in [1.82, 2.24) is 10.6 Å². The Kier molecular flexibility index (Phi) is 7.64. The molecule has 2 unspecified atom stereocenters. The zero-order chi connectivity index (χ0) is 24.1. The molecule has 4 rings (SSSR count). The summed E-state index contributed by atoms with van der Waals surface area (Å²) in [6.07, 6.45) is 3.68. The lowest BCUT2D eigenvalue weighted by Crippen LogP contribution is -2.32. The van der Waals surface area contributed by atoms with Crippen LogP contribution >= 0.6 is 23.5 Å². The molecule has 34 heavy (non-hydrogen) atoms. The highest BCUT2D eigenvalue weighted by Gasteiger charge is 2.25. The summed E-state index contributed by atoms with van der Waals surface area (Å²) in [4.78, 5) is 37.5. The summed E-state index contributed by atoms with van der Waals surface area (Å²) in [5.41, 5.74) is 2.76. The third-order valence-electron chi connectivity index (χ3n) is 5.50. The molecule has 0 radical (unpaired) electrons. The Morgan fingerprint density at radius 3 is 1.50 bits per heavy atom. The summed E-state index contributed by atoms with van der Waals surface area (Å²) >= 11 is 3.08. The van der Waals surface area contributed by atoms with Gasteiger partial charge in [0.05, 0.1) is 12.8 Å². The van der Waals surface area contributed by atoms with Crippen molar-refractivity contribution in [3.63, 3.8) is 0 Å². The van der Waals surface area contributed by atoms with Gasteiger partial charge in [0.2, 0.25) is 0 Å². The summed E-state index contributed by atoms with van der Waals surface area (Å²) in [7, 11) is 0. The van der Waals surface area contributed by atoms with Gasteiger partial charge in [-0.25, -0.2) is 0 Å². The van der Waals surface area contributed by atoms with Gasteiger partial charge in [0.1, 0.15) is 0 Å². The number of benzene rings is 2. The van der Waals surface area contributed by atoms with E-state index in [0.29, 0.717) is 22.6 Å². The van der Waals surface area contributed by atoms with Crippen molar-refractivity contribution in [2.75, 3.05) is 11.5 Å². The van der Waals surface area contributed by atoms with E-state index in [0.717, 1.165) is 20.9 Å². The van der Waals surface area contributed by atoms with Gasteiger partial charge in [-0.1, -0.05) is 48.5 Å². The highest BCUT2D eigenvalue weighted by atomic mass is 32.2. The second-order valence-corrected chi connectivity index (χ2v) is 10.1. The standard InChI is InChI=1S/C25H24N2O5S2/c28-23(29)9-15-13-33-21(11-26-15)17-5-1-3-7-19(17)25(32)20-8-4-2-6-18(20)22-12-27-16(14-34-22)10-24(30)31/h1-8,11-12,15-16,26-27H,9-10,13-14H2,(H,28,29)(H,30,31). The maximum absolute atomic E-state index is 13.7. The van der Waals surface area contributed by atoms with Gasteiger partial charge < -0.3 is 20.8 Å². The molecule has 9 heteroatoms. The van der Waals surface area contributed by atoms with Crippen LogP contribution in [0.25, 0.3) is 9.81 Å². The summed E-state index contributed by atoms with van der Waals surface area (Å²) < 4.78 is 0. The number of hydrogen-bond donors (Lipinski definition) is 4. The Balaban J connectivity index is 1.60. The fraction of sp³-hybridized carbons (Fsp3) is 0.240. The molecule has 176 valence electrons. The van der Waals surface area contributed by atoms with E-state index in [1.807, 2.05) is 48.5 Å². The largest absolute Gasteiger partial charge is 0.481 e. The first-order valence-corrected chi connectivity index (χ1v) is 12.7. The number of carbonyl (C=O) groups is 3. The Bertz CT molecular complexity index is 1090. The van der Waals surface area contributed by atoms with Crippen LogP contribution in [0, 0.1) is 0 Å². The maximum atomic E-state index is 13.7. The minimum Gasteiger partial charge on any atom is -0.481 e. The van der Waals surface area contributed by atoms with Crippen molar-refractivity contribution < 1.29 is 24.6 Å². The molecule has 0 spiro atoms. The molecular weight excluding hydrogens is 472 g/mol. The van der Waals surface area contributed by atoms with Crippen molar-refractivity contribution in [1.29, 1.82) is 0 Å². The van der Waals surface area contributed by atoms with Crippen molar-refractivity contribution in [2.24, 2.45) is 0 Å². The van der Waals surface area contributed by atoms with Crippen LogP contribution in [0.1, 0.15) is 39.9 Å². The van der Waals surface area contributed by atoms with Crippen LogP contribution in [-0.2, 0) is 9.59 Å². The highest BCUT2D eigenvalue weighted by molar-refractivity contribution is 8.08. The van der Waals surface area contributed by atoms with E-state index in [1.165, 1.54) is 0 Å². The van der Waals surface area contributed by atoms with Crippen LogP contribution in [0.3, 0.4) is 0 Å². The van der Waals surface area contributed by atoms with Gasteiger partial charge in [0, 0.05) is 68.1 Å². The molecule has 4 N–H and O–H groups in total. The first-order valence-electron chi connectivity index (χ1n) is 10.8. The van der Waals surface area contributed by atoms with E-state index in [9.17, 15) is 14.4 Å². The Labute approximate surface area is 205 Å². The summed E-state index contributed by atoms with van der Waals surface area (Å²) in [6.45, 7) is 0. The van der Waals surface area contributed by atoms with Gasteiger partial charge in [0.25, 0.3) is 0 Å². The molecule has 2 aliphatic heterocycles. The molecule has 0 aromatic heterocycles. The van der Waals surface area contributed by atoms with Gasteiger partial charge in [-0.05, 0) is 0 Å². The lowest BCUT2D eigenvalue weighted by atomic mass is 9.94. The molecule has 0 aliphatic carbocycles. The van der Waals surface area contributed by atoms with E-state index in [4.69, 9.17) is 10.2 Å². The number of carbonyl (C=O) groups excluding carboxylic acids is 1. The predicted molar refractivity (Wildman–Crippen MR) is 136 cm³/mol. The van der Waals surface area contributed by atoms with Gasteiger partial charge in [-0.2, -0.15) is 0 Å². The van der Waals surface area contributed by atoms with Crippen LogP contribution in [0.4, 0.5) is 0 Å². The van der Waals surface area contributed by atoms with E-state index in [-0.39, 0.29) is 30.7 Å². The molecule has 2 aromatic carbocycles. The number of carboxylic acid groups (broad SMARTS) is 2. The second-order valence-electron chi connectivity index (χ2n) is 7.98. The molecule has 7 nitrogen and oxygen atoms in total. The molecule has 0 bridgehead atoms. The molecule has 0 saturated carbocycles. The summed E-state index contributed by atoms with van der Waals surface area (Å²) in [5.74, 6) is -0.593. The van der Waals surface area contributed by atoms with E-state index in [2.05, 4.69) is 10.6 Å². The number of rotatable bonds is 8. The smallest absolute Gasteiger partial charge is 0.305 e. The van der Waals surface area contributed by atoms with Crippen molar-refractivity contribution in [3.8, 4) is 0 Å². The number of thioether (sulfide) groups is 2. The minimum absolute atomic E-state index is 0.0405. The number of ketones is 1. The van der Waals surface area contributed by atoms with Gasteiger partial charge in [-0.3, -0.25) is 14.4 Å². The molecule has 2 aromatic rings. The first-order chi connectivity index (χ1) is 16.4. The molecule has 0 amide bonds. The van der Waals surface area contributed by atoms with Crippen LogP contribution in [-0.4, -0.2) is 51.5 Å². The molecule has 2 aliphatic rings. The first kappa shape index (κ1) is 24.0. The van der Waals surface area contributed by atoms with Crippen molar-refractivity contribution >= 4 is 51.1 Å². The average Bonchev–Trinajstić information content (AvgIpc) is 2.84. The van der Waals surface area contributed by atoms with Gasteiger partial charge in [0.15, 0.2) is 5.78 Å². The second kappa shape index (κ2) is 10.8. The molecule has 2 atom stereocenters. The normalized spacial score (nSPS) is 19.8. The zero-order valence-corrected chi connectivity index (χ0v) is 19.8. The Hall–Kier alpha value is -3.17. The predicted octanol–water partition coefficient (Wildman–Crippen LogP) is 3.87. The lowest BCUT2D eigenvalue weighted by Gasteiger charge is -2.24. The SMILES string of the molecule is O=C(O)CC1CSC(c2ccccc2C(=O)c2ccccc2C2=CNC(CC(=O)O)CS2)=CN1. The summed E-state index contributed by atoms with van der Waals surface area (Å²) in [5, 5.41) is 24.3. The third-order valence-corrected chi connectivity index (χ3v) is 7.93. The Morgan fingerprint density at radius 1 is 0.735 bits per heavy atom. The van der Waals surface area contributed by atoms with Crippen LogP contribution in [0.15, 0.2) is 60.9 Å². The fourth-order valence-corrected chi connectivity index (χ4v) is 6.01. The monoisotopic (exact) mass is 496 g/mol. The highest BCUT2D eigenvalue weighted by Crippen LogP contribution is 2.37. The summed E-state index contributed by atoms with van der Waals surface area (Å²) in [6, 6.07) is 14.6.